The summed E-state index contributed by atoms with van der Waals surface area (Å²) in [5.74, 6) is 0.408. The highest BCUT2D eigenvalue weighted by atomic mass is 32.2. The Labute approximate surface area is 115 Å². The molecule has 0 unspecified atom stereocenters. The van der Waals surface area contributed by atoms with Crippen molar-refractivity contribution in [3.63, 3.8) is 0 Å². The van der Waals surface area contributed by atoms with Gasteiger partial charge >= 0.3 is 0 Å². The van der Waals surface area contributed by atoms with Crippen LogP contribution in [0.1, 0.15) is 32.1 Å². The van der Waals surface area contributed by atoms with Crippen molar-refractivity contribution < 1.29 is 4.79 Å². The molecule has 0 atom stereocenters. The van der Waals surface area contributed by atoms with E-state index in [2.05, 4.69) is 20.8 Å². The van der Waals surface area contributed by atoms with E-state index in [4.69, 9.17) is 0 Å². The summed E-state index contributed by atoms with van der Waals surface area (Å²) in [5.41, 5.74) is 0. The first-order valence-electron chi connectivity index (χ1n) is 6.21. The molecule has 18 heavy (non-hydrogen) atoms. The third-order valence-corrected chi connectivity index (χ3v) is 4.93. The highest BCUT2D eigenvalue weighted by Crippen LogP contribution is 2.28. The van der Waals surface area contributed by atoms with E-state index >= 15 is 0 Å². The van der Waals surface area contributed by atoms with Crippen LogP contribution >= 0.6 is 23.1 Å². The highest BCUT2D eigenvalue weighted by Gasteiger charge is 2.15. The smallest absolute Gasteiger partial charge is 0.230 e. The monoisotopic (exact) mass is 286 g/mol. The fourth-order valence-electron chi connectivity index (χ4n) is 1.95. The lowest BCUT2D eigenvalue weighted by atomic mass is 9.96. The highest BCUT2D eigenvalue weighted by molar-refractivity contribution is 8.01. The zero-order chi connectivity index (χ0) is 12.8. The summed E-state index contributed by atoms with van der Waals surface area (Å²) in [6.45, 7) is 0. The first kappa shape index (κ1) is 13.6. The second kappa shape index (κ2) is 6.94. The number of aromatic nitrogens is 2. The number of rotatable bonds is 5. The minimum absolute atomic E-state index is 0.0111. The Kier molecular flexibility index (Phi) is 5.25. The van der Waals surface area contributed by atoms with Crippen molar-refractivity contribution in [2.24, 2.45) is 0 Å². The Bertz CT molecular complexity index is 390. The average Bonchev–Trinajstić information content (AvgIpc) is 2.85. The van der Waals surface area contributed by atoms with E-state index in [1.165, 1.54) is 55.2 Å². The van der Waals surface area contributed by atoms with Crippen LogP contribution in [0, 0.1) is 0 Å². The Hall–Kier alpha value is -0.820. The maximum absolute atomic E-state index is 11.1. The summed E-state index contributed by atoms with van der Waals surface area (Å²) in [5, 5.41) is 15.1. The van der Waals surface area contributed by atoms with Crippen molar-refractivity contribution in [1.82, 2.24) is 15.5 Å². The number of carbonyl (C=O) groups excluding carboxylic acids is 1. The minimum atomic E-state index is 0.0111. The molecule has 2 rings (SSSR count). The fourth-order valence-corrected chi connectivity index (χ4v) is 3.65. The van der Waals surface area contributed by atoms with Crippen LogP contribution < -0.4 is 10.6 Å². The first-order chi connectivity index (χ1) is 8.78. The molecule has 1 aromatic heterocycles. The number of hydrogen-bond acceptors (Lipinski definition) is 6. The molecule has 1 aliphatic rings. The van der Waals surface area contributed by atoms with Crippen molar-refractivity contribution in [2.75, 3.05) is 18.1 Å². The SMILES string of the molecule is CNC(=O)CSc1nnc(NC2CCCCC2)s1. The van der Waals surface area contributed by atoms with Crippen molar-refractivity contribution in [1.29, 1.82) is 0 Å². The molecule has 1 aliphatic carbocycles. The summed E-state index contributed by atoms with van der Waals surface area (Å²) in [7, 11) is 1.64. The summed E-state index contributed by atoms with van der Waals surface area (Å²) >= 11 is 2.96. The molecule has 1 saturated carbocycles. The van der Waals surface area contributed by atoms with Gasteiger partial charge in [-0.25, -0.2) is 0 Å². The topological polar surface area (TPSA) is 66.9 Å². The fraction of sp³-hybridized carbons (Fsp3) is 0.727. The van der Waals surface area contributed by atoms with E-state index in [-0.39, 0.29) is 5.91 Å². The third-order valence-electron chi connectivity index (χ3n) is 2.94. The van der Waals surface area contributed by atoms with Crippen LogP contribution in [0.25, 0.3) is 0 Å². The molecular formula is C11H18N4OS2. The second-order valence-electron chi connectivity index (χ2n) is 4.31. The molecule has 0 spiro atoms. The van der Waals surface area contributed by atoms with E-state index in [0.717, 1.165) is 9.47 Å². The van der Waals surface area contributed by atoms with Crippen LogP contribution in [0.5, 0.6) is 0 Å². The number of hydrogen-bond donors (Lipinski definition) is 2. The van der Waals surface area contributed by atoms with Gasteiger partial charge in [0.1, 0.15) is 0 Å². The maximum atomic E-state index is 11.1. The Morgan fingerprint density at radius 1 is 1.39 bits per heavy atom. The molecule has 1 aromatic rings. The average molecular weight is 286 g/mol. The maximum Gasteiger partial charge on any atom is 0.230 e. The van der Waals surface area contributed by atoms with Gasteiger partial charge in [0.15, 0.2) is 4.34 Å². The van der Waals surface area contributed by atoms with Crippen LogP contribution in [0.2, 0.25) is 0 Å². The van der Waals surface area contributed by atoms with Gasteiger partial charge in [-0.05, 0) is 12.8 Å². The molecule has 100 valence electrons. The quantitative estimate of drug-likeness (QED) is 0.812. The molecule has 0 aromatic carbocycles. The normalized spacial score (nSPS) is 16.5. The van der Waals surface area contributed by atoms with Crippen LogP contribution in [0.15, 0.2) is 4.34 Å². The Balaban J connectivity index is 1.80. The number of anilines is 1. The predicted molar refractivity (Wildman–Crippen MR) is 75.2 cm³/mol. The number of nitrogens with zero attached hydrogens (tertiary/aromatic N) is 2. The van der Waals surface area contributed by atoms with E-state index in [0.29, 0.717) is 11.8 Å². The second-order valence-corrected chi connectivity index (χ2v) is 6.51. The summed E-state index contributed by atoms with van der Waals surface area (Å²) in [6.07, 6.45) is 6.39. The minimum Gasteiger partial charge on any atom is -0.358 e. The van der Waals surface area contributed by atoms with Crippen LogP contribution in [0.3, 0.4) is 0 Å². The zero-order valence-electron chi connectivity index (χ0n) is 10.4. The number of nitrogens with one attached hydrogen (secondary N) is 2. The molecular weight excluding hydrogens is 268 g/mol. The summed E-state index contributed by atoms with van der Waals surface area (Å²) < 4.78 is 0.844. The van der Waals surface area contributed by atoms with Gasteiger partial charge in [-0.15, -0.1) is 10.2 Å². The zero-order valence-corrected chi connectivity index (χ0v) is 12.1. The molecule has 1 fully saturated rings. The number of thioether (sulfide) groups is 1. The van der Waals surface area contributed by atoms with Crippen LogP contribution in [-0.4, -0.2) is 34.9 Å². The third kappa shape index (κ3) is 4.13. The molecule has 1 amide bonds. The van der Waals surface area contributed by atoms with Crippen LogP contribution in [-0.2, 0) is 4.79 Å². The van der Waals surface area contributed by atoms with E-state index in [1.54, 1.807) is 7.05 Å². The van der Waals surface area contributed by atoms with E-state index in [1.807, 2.05) is 0 Å². The lowest BCUT2D eigenvalue weighted by molar-refractivity contribution is -0.118. The van der Waals surface area contributed by atoms with E-state index < -0.39 is 0 Å². The molecule has 0 bridgehead atoms. The van der Waals surface area contributed by atoms with E-state index in [9.17, 15) is 4.79 Å². The predicted octanol–water partition coefficient (Wildman–Crippen LogP) is 2.12. The molecule has 5 nitrogen and oxygen atoms in total. The lowest BCUT2D eigenvalue weighted by Gasteiger charge is -2.21. The van der Waals surface area contributed by atoms with Crippen molar-refractivity contribution in [2.45, 2.75) is 42.5 Å². The number of amides is 1. The van der Waals surface area contributed by atoms with Crippen LogP contribution in [0.4, 0.5) is 5.13 Å². The number of carbonyl (C=O) groups is 1. The van der Waals surface area contributed by atoms with Crippen molar-refractivity contribution in [3.8, 4) is 0 Å². The molecule has 0 saturated heterocycles. The van der Waals surface area contributed by atoms with Gasteiger partial charge < -0.3 is 10.6 Å². The lowest BCUT2D eigenvalue weighted by Crippen LogP contribution is -2.21. The summed E-state index contributed by atoms with van der Waals surface area (Å²) in [6, 6.07) is 0.545. The van der Waals surface area contributed by atoms with Crippen molar-refractivity contribution in [3.05, 3.63) is 0 Å². The molecule has 7 heteroatoms. The molecule has 0 radical (unpaired) electrons. The standard InChI is InChI=1S/C11H18N4OS2/c1-12-9(16)7-17-11-15-14-10(18-11)13-8-5-3-2-4-6-8/h8H,2-7H2,1H3,(H,12,16)(H,13,14). The largest absolute Gasteiger partial charge is 0.358 e. The van der Waals surface area contributed by atoms with Gasteiger partial charge in [0, 0.05) is 13.1 Å². The van der Waals surface area contributed by atoms with Gasteiger partial charge in [-0.3, -0.25) is 4.79 Å². The van der Waals surface area contributed by atoms with Gasteiger partial charge in [0.25, 0.3) is 0 Å². The first-order valence-corrected chi connectivity index (χ1v) is 8.01. The van der Waals surface area contributed by atoms with Gasteiger partial charge in [0.2, 0.25) is 11.0 Å². The molecule has 0 aliphatic heterocycles. The Morgan fingerprint density at radius 3 is 2.89 bits per heavy atom. The van der Waals surface area contributed by atoms with Crippen molar-refractivity contribution >= 4 is 34.1 Å². The Morgan fingerprint density at radius 2 is 2.17 bits per heavy atom. The molecule has 1 heterocycles. The van der Waals surface area contributed by atoms with Gasteiger partial charge in [-0.1, -0.05) is 42.4 Å². The summed E-state index contributed by atoms with van der Waals surface area (Å²) in [4.78, 5) is 11.1. The van der Waals surface area contributed by atoms with Gasteiger partial charge in [0.05, 0.1) is 5.75 Å². The van der Waals surface area contributed by atoms with Gasteiger partial charge in [-0.2, -0.15) is 0 Å². The molecule has 2 N–H and O–H groups in total.